The fourth-order valence-electron chi connectivity index (χ4n) is 2.33. The van der Waals surface area contributed by atoms with Crippen LogP contribution in [0, 0.1) is 0 Å². The Morgan fingerprint density at radius 3 is 2.59 bits per heavy atom. The van der Waals surface area contributed by atoms with E-state index in [1.165, 1.54) is 0 Å². The van der Waals surface area contributed by atoms with Gasteiger partial charge in [0.1, 0.15) is 11.6 Å². The number of aromatic nitrogens is 4. The standard InChI is InChI=1S/C16H20N6/c1-3-17-11-14-20-15(18-4-2)13-10-19-22(16(13)21-14)12-8-6-5-7-9-12/h5-10,17H,3-4,11H2,1-2H3,(H,18,20,21). The van der Waals surface area contributed by atoms with Crippen LogP contribution in [-0.2, 0) is 6.54 Å². The fraction of sp³-hybridized carbons (Fsp3) is 0.312. The Morgan fingerprint density at radius 1 is 1.05 bits per heavy atom. The van der Waals surface area contributed by atoms with Gasteiger partial charge in [-0.3, -0.25) is 0 Å². The second kappa shape index (κ2) is 6.53. The van der Waals surface area contributed by atoms with E-state index >= 15 is 0 Å². The van der Waals surface area contributed by atoms with Gasteiger partial charge in [0.05, 0.1) is 23.8 Å². The van der Waals surface area contributed by atoms with Gasteiger partial charge in [-0.1, -0.05) is 25.1 Å². The van der Waals surface area contributed by atoms with Crippen molar-refractivity contribution in [2.75, 3.05) is 18.4 Å². The Labute approximate surface area is 129 Å². The molecule has 0 fully saturated rings. The van der Waals surface area contributed by atoms with Gasteiger partial charge in [-0.2, -0.15) is 5.10 Å². The minimum absolute atomic E-state index is 0.644. The first kappa shape index (κ1) is 14.5. The molecule has 3 rings (SSSR count). The molecule has 0 aliphatic carbocycles. The van der Waals surface area contributed by atoms with Crippen LogP contribution in [0.4, 0.5) is 5.82 Å². The summed E-state index contributed by atoms with van der Waals surface area (Å²) in [6.07, 6.45) is 1.82. The van der Waals surface area contributed by atoms with Crippen molar-refractivity contribution >= 4 is 16.9 Å². The Morgan fingerprint density at radius 2 is 1.86 bits per heavy atom. The molecular weight excluding hydrogens is 276 g/mol. The van der Waals surface area contributed by atoms with E-state index in [0.29, 0.717) is 6.54 Å². The van der Waals surface area contributed by atoms with Crippen LogP contribution in [0.5, 0.6) is 0 Å². The Balaban J connectivity index is 2.13. The molecule has 22 heavy (non-hydrogen) atoms. The number of rotatable bonds is 6. The molecule has 2 N–H and O–H groups in total. The van der Waals surface area contributed by atoms with Crippen LogP contribution in [-0.4, -0.2) is 32.8 Å². The number of hydrogen-bond acceptors (Lipinski definition) is 5. The molecule has 0 aliphatic heterocycles. The number of hydrogen-bond donors (Lipinski definition) is 2. The largest absolute Gasteiger partial charge is 0.370 e. The highest BCUT2D eigenvalue weighted by Gasteiger charge is 2.13. The molecule has 0 saturated carbocycles. The Kier molecular flexibility index (Phi) is 4.29. The van der Waals surface area contributed by atoms with E-state index in [9.17, 15) is 0 Å². The quantitative estimate of drug-likeness (QED) is 0.731. The van der Waals surface area contributed by atoms with Crippen molar-refractivity contribution in [2.45, 2.75) is 20.4 Å². The number of anilines is 1. The molecule has 0 radical (unpaired) electrons. The van der Waals surface area contributed by atoms with Crippen LogP contribution >= 0.6 is 0 Å². The number of benzene rings is 1. The van der Waals surface area contributed by atoms with Crippen LogP contribution in [0.3, 0.4) is 0 Å². The lowest BCUT2D eigenvalue weighted by Crippen LogP contribution is -2.15. The third-order valence-electron chi connectivity index (χ3n) is 3.35. The maximum absolute atomic E-state index is 4.68. The van der Waals surface area contributed by atoms with Gasteiger partial charge in [0.2, 0.25) is 0 Å². The summed E-state index contributed by atoms with van der Waals surface area (Å²) in [4.78, 5) is 9.28. The van der Waals surface area contributed by atoms with E-state index < -0.39 is 0 Å². The predicted octanol–water partition coefficient (Wildman–Crippen LogP) is 2.36. The normalized spacial score (nSPS) is 11.0. The van der Waals surface area contributed by atoms with E-state index in [-0.39, 0.29) is 0 Å². The SMILES string of the molecule is CCNCc1nc(NCC)c2cnn(-c3ccccc3)c2n1. The van der Waals surface area contributed by atoms with Crippen molar-refractivity contribution < 1.29 is 0 Å². The van der Waals surface area contributed by atoms with Gasteiger partial charge < -0.3 is 10.6 Å². The molecule has 0 bridgehead atoms. The topological polar surface area (TPSA) is 67.7 Å². The summed E-state index contributed by atoms with van der Waals surface area (Å²) < 4.78 is 1.85. The number of para-hydroxylation sites is 1. The second-order valence-corrected chi connectivity index (χ2v) is 4.93. The molecule has 6 heteroatoms. The maximum atomic E-state index is 4.68. The zero-order valence-corrected chi connectivity index (χ0v) is 12.9. The predicted molar refractivity (Wildman–Crippen MR) is 88.2 cm³/mol. The number of fused-ring (bicyclic) bond motifs is 1. The van der Waals surface area contributed by atoms with E-state index in [1.807, 2.05) is 41.2 Å². The van der Waals surface area contributed by atoms with Crippen molar-refractivity contribution in [3.63, 3.8) is 0 Å². The monoisotopic (exact) mass is 296 g/mol. The molecule has 6 nitrogen and oxygen atoms in total. The van der Waals surface area contributed by atoms with E-state index in [1.54, 1.807) is 0 Å². The van der Waals surface area contributed by atoms with E-state index in [0.717, 1.165) is 41.5 Å². The summed E-state index contributed by atoms with van der Waals surface area (Å²) >= 11 is 0. The molecule has 0 spiro atoms. The summed E-state index contributed by atoms with van der Waals surface area (Å²) in [5, 5.41) is 12.0. The third-order valence-corrected chi connectivity index (χ3v) is 3.35. The van der Waals surface area contributed by atoms with Crippen molar-refractivity contribution in [1.29, 1.82) is 0 Å². The highest BCUT2D eigenvalue weighted by Crippen LogP contribution is 2.22. The lowest BCUT2D eigenvalue weighted by molar-refractivity contribution is 0.692. The first-order chi connectivity index (χ1) is 10.8. The molecule has 0 atom stereocenters. The van der Waals surface area contributed by atoms with Crippen LogP contribution in [0.25, 0.3) is 16.7 Å². The zero-order chi connectivity index (χ0) is 15.4. The van der Waals surface area contributed by atoms with Crippen LogP contribution in [0.1, 0.15) is 19.7 Å². The lowest BCUT2D eigenvalue weighted by atomic mass is 10.3. The average Bonchev–Trinajstić information content (AvgIpc) is 2.98. The summed E-state index contributed by atoms with van der Waals surface area (Å²) in [5.41, 5.74) is 1.82. The third kappa shape index (κ3) is 2.78. The van der Waals surface area contributed by atoms with Crippen LogP contribution < -0.4 is 10.6 Å². The highest BCUT2D eigenvalue weighted by atomic mass is 15.3. The van der Waals surface area contributed by atoms with Crippen molar-refractivity contribution in [1.82, 2.24) is 25.1 Å². The van der Waals surface area contributed by atoms with Gasteiger partial charge in [0.15, 0.2) is 5.65 Å². The summed E-state index contributed by atoms with van der Waals surface area (Å²) in [5.74, 6) is 1.60. The first-order valence-corrected chi connectivity index (χ1v) is 7.58. The molecule has 0 saturated heterocycles. The molecular formula is C16H20N6. The van der Waals surface area contributed by atoms with E-state index in [2.05, 4.69) is 39.5 Å². The first-order valence-electron chi connectivity index (χ1n) is 7.58. The van der Waals surface area contributed by atoms with Gasteiger partial charge in [0, 0.05) is 6.54 Å². The van der Waals surface area contributed by atoms with Gasteiger partial charge in [-0.15, -0.1) is 0 Å². The van der Waals surface area contributed by atoms with Crippen LogP contribution in [0.15, 0.2) is 36.5 Å². The number of nitrogens with one attached hydrogen (secondary N) is 2. The van der Waals surface area contributed by atoms with Crippen LogP contribution in [0.2, 0.25) is 0 Å². The fourth-order valence-corrected chi connectivity index (χ4v) is 2.33. The Bertz CT molecular complexity index is 750. The molecule has 0 unspecified atom stereocenters. The summed E-state index contributed by atoms with van der Waals surface area (Å²) in [6.45, 7) is 6.46. The highest BCUT2D eigenvalue weighted by molar-refractivity contribution is 5.87. The Hall–Kier alpha value is -2.47. The second-order valence-electron chi connectivity index (χ2n) is 4.93. The van der Waals surface area contributed by atoms with Gasteiger partial charge >= 0.3 is 0 Å². The molecule has 0 amide bonds. The van der Waals surface area contributed by atoms with Gasteiger partial charge in [-0.25, -0.2) is 14.6 Å². The average molecular weight is 296 g/mol. The molecule has 0 aliphatic rings. The molecule has 1 aromatic carbocycles. The van der Waals surface area contributed by atoms with Gasteiger partial charge in [-0.05, 0) is 25.6 Å². The smallest absolute Gasteiger partial charge is 0.168 e. The van der Waals surface area contributed by atoms with Crippen molar-refractivity contribution in [2.24, 2.45) is 0 Å². The molecule has 114 valence electrons. The molecule has 2 heterocycles. The van der Waals surface area contributed by atoms with E-state index in [4.69, 9.17) is 0 Å². The summed E-state index contributed by atoms with van der Waals surface area (Å²) in [6, 6.07) is 10.0. The summed E-state index contributed by atoms with van der Waals surface area (Å²) in [7, 11) is 0. The minimum Gasteiger partial charge on any atom is -0.370 e. The molecule has 3 aromatic rings. The number of nitrogens with zero attached hydrogens (tertiary/aromatic N) is 4. The van der Waals surface area contributed by atoms with Gasteiger partial charge in [0.25, 0.3) is 0 Å². The maximum Gasteiger partial charge on any atom is 0.168 e. The van der Waals surface area contributed by atoms with Crippen molar-refractivity contribution in [3.8, 4) is 5.69 Å². The minimum atomic E-state index is 0.644. The zero-order valence-electron chi connectivity index (χ0n) is 12.9. The molecule has 2 aromatic heterocycles. The lowest BCUT2D eigenvalue weighted by Gasteiger charge is -2.08. The van der Waals surface area contributed by atoms with Crippen molar-refractivity contribution in [3.05, 3.63) is 42.4 Å².